The molecule has 1 N–H and O–H groups in total. The van der Waals surface area contributed by atoms with Gasteiger partial charge in [0.15, 0.2) is 10.3 Å². The summed E-state index contributed by atoms with van der Waals surface area (Å²) in [7, 11) is 1.52. The largest absolute Gasteiger partial charge is 0.480 e. The zero-order chi connectivity index (χ0) is 13.1. The molecule has 2 aromatic rings. The van der Waals surface area contributed by atoms with Crippen molar-refractivity contribution in [3.05, 3.63) is 32.8 Å². The van der Waals surface area contributed by atoms with Gasteiger partial charge in [0.25, 0.3) is 5.56 Å². The highest BCUT2D eigenvalue weighted by Gasteiger charge is 2.08. The fourth-order valence-corrected chi connectivity index (χ4v) is 2.32. The van der Waals surface area contributed by atoms with Gasteiger partial charge in [-0.3, -0.25) is 4.79 Å². The van der Waals surface area contributed by atoms with Gasteiger partial charge in [0, 0.05) is 18.0 Å². The normalized spacial score (nSPS) is 10.4. The van der Waals surface area contributed by atoms with E-state index in [9.17, 15) is 4.79 Å². The average Bonchev–Trinajstić information content (AvgIpc) is 2.30. The maximum absolute atomic E-state index is 11.3. The molecule has 0 fully saturated rings. The van der Waals surface area contributed by atoms with E-state index in [0.717, 1.165) is 11.8 Å². The summed E-state index contributed by atoms with van der Waals surface area (Å²) in [5.74, 6) is 0.433. The number of halogens is 1. The summed E-state index contributed by atoms with van der Waals surface area (Å²) in [5.41, 5.74) is 0.444. The van der Waals surface area contributed by atoms with E-state index >= 15 is 0 Å². The van der Waals surface area contributed by atoms with Gasteiger partial charge in [-0.15, -0.1) is 0 Å². The van der Waals surface area contributed by atoms with Crippen molar-refractivity contribution in [2.24, 2.45) is 0 Å². The third-order valence-electron chi connectivity index (χ3n) is 1.92. The number of hydrogen-bond acceptors (Lipinski definition) is 6. The standard InChI is InChI=1S/C10H9BrN4O2S/c1-5-3-7(16)14-10(13-5)18-9-12-4-6(11)8(15-9)17-2/h3-4H,1-2H3,(H,13,14,16). The molecule has 0 atom stereocenters. The van der Waals surface area contributed by atoms with Crippen molar-refractivity contribution >= 4 is 27.7 Å². The summed E-state index contributed by atoms with van der Waals surface area (Å²) in [6.45, 7) is 1.75. The zero-order valence-corrected chi connectivity index (χ0v) is 12.0. The molecule has 0 aromatic carbocycles. The lowest BCUT2D eigenvalue weighted by atomic mass is 10.5. The zero-order valence-electron chi connectivity index (χ0n) is 9.60. The summed E-state index contributed by atoms with van der Waals surface area (Å²) in [6.07, 6.45) is 1.59. The maximum Gasteiger partial charge on any atom is 0.251 e. The molecule has 0 spiro atoms. The van der Waals surface area contributed by atoms with Crippen molar-refractivity contribution < 1.29 is 4.74 Å². The van der Waals surface area contributed by atoms with Crippen molar-refractivity contribution in [1.29, 1.82) is 0 Å². The van der Waals surface area contributed by atoms with Crippen LogP contribution in [0.4, 0.5) is 0 Å². The Hall–Kier alpha value is -1.41. The second-order valence-electron chi connectivity index (χ2n) is 3.30. The Balaban J connectivity index is 2.31. The SMILES string of the molecule is COc1nc(Sc2nc(C)cc(=O)[nH]2)ncc1Br. The Bertz CT molecular complexity index is 632. The van der Waals surface area contributed by atoms with Crippen LogP contribution in [-0.4, -0.2) is 27.0 Å². The number of aromatic amines is 1. The quantitative estimate of drug-likeness (QED) is 0.865. The molecular weight excluding hydrogens is 320 g/mol. The van der Waals surface area contributed by atoms with Gasteiger partial charge in [-0.1, -0.05) is 0 Å². The molecular formula is C10H9BrN4O2S. The highest BCUT2D eigenvalue weighted by Crippen LogP contribution is 2.26. The summed E-state index contributed by atoms with van der Waals surface area (Å²) in [5, 5.41) is 0.896. The first-order chi connectivity index (χ1) is 8.58. The molecule has 8 heteroatoms. The third kappa shape index (κ3) is 3.08. The number of methoxy groups -OCH3 is 1. The van der Waals surface area contributed by atoms with E-state index in [2.05, 4.69) is 35.9 Å². The fourth-order valence-electron chi connectivity index (χ4n) is 1.21. The van der Waals surface area contributed by atoms with Crippen LogP contribution in [0.25, 0.3) is 0 Å². The van der Waals surface area contributed by atoms with Crippen LogP contribution >= 0.6 is 27.7 Å². The molecule has 0 bridgehead atoms. The molecule has 0 saturated carbocycles. The molecule has 0 aliphatic carbocycles. The van der Waals surface area contributed by atoms with Crippen LogP contribution in [0.5, 0.6) is 5.88 Å². The molecule has 0 radical (unpaired) electrons. The van der Waals surface area contributed by atoms with Gasteiger partial charge in [-0.05, 0) is 34.6 Å². The molecule has 0 unspecified atom stereocenters. The molecule has 0 aliphatic heterocycles. The predicted molar refractivity (Wildman–Crippen MR) is 70.0 cm³/mol. The van der Waals surface area contributed by atoms with Crippen molar-refractivity contribution in [1.82, 2.24) is 19.9 Å². The monoisotopic (exact) mass is 328 g/mol. The Morgan fingerprint density at radius 2 is 2.22 bits per heavy atom. The van der Waals surface area contributed by atoms with Crippen molar-refractivity contribution in [3.8, 4) is 5.88 Å². The molecule has 0 aliphatic rings. The van der Waals surface area contributed by atoms with Gasteiger partial charge in [-0.25, -0.2) is 9.97 Å². The van der Waals surface area contributed by atoms with Crippen LogP contribution in [0.2, 0.25) is 0 Å². The molecule has 18 heavy (non-hydrogen) atoms. The first-order valence-electron chi connectivity index (χ1n) is 4.91. The minimum Gasteiger partial charge on any atom is -0.480 e. The minimum absolute atomic E-state index is 0.200. The maximum atomic E-state index is 11.3. The number of ether oxygens (including phenoxy) is 1. The first kappa shape index (κ1) is 13.0. The van der Waals surface area contributed by atoms with Gasteiger partial charge in [-0.2, -0.15) is 4.98 Å². The average molecular weight is 329 g/mol. The lowest BCUT2D eigenvalue weighted by Crippen LogP contribution is -2.08. The Morgan fingerprint density at radius 1 is 1.44 bits per heavy atom. The molecule has 2 aromatic heterocycles. The van der Waals surface area contributed by atoms with Gasteiger partial charge >= 0.3 is 0 Å². The number of hydrogen-bond donors (Lipinski definition) is 1. The highest BCUT2D eigenvalue weighted by atomic mass is 79.9. The Labute approximate surface area is 115 Å². The lowest BCUT2D eigenvalue weighted by molar-refractivity contribution is 0.389. The second kappa shape index (κ2) is 5.49. The van der Waals surface area contributed by atoms with Crippen LogP contribution in [0, 0.1) is 6.92 Å². The van der Waals surface area contributed by atoms with E-state index in [1.165, 1.54) is 13.2 Å². The summed E-state index contributed by atoms with van der Waals surface area (Å²) in [6, 6.07) is 1.42. The van der Waals surface area contributed by atoms with E-state index in [1.54, 1.807) is 13.1 Å². The Kier molecular flexibility index (Phi) is 3.97. The van der Waals surface area contributed by atoms with E-state index in [-0.39, 0.29) is 5.56 Å². The number of aryl methyl sites for hydroxylation is 1. The molecule has 0 amide bonds. The van der Waals surface area contributed by atoms with Crippen molar-refractivity contribution in [2.75, 3.05) is 7.11 Å². The molecule has 94 valence electrons. The predicted octanol–water partition coefficient (Wildman–Crippen LogP) is 1.79. The Morgan fingerprint density at radius 3 is 2.89 bits per heavy atom. The van der Waals surface area contributed by atoms with Gasteiger partial charge in [0.2, 0.25) is 5.88 Å². The van der Waals surface area contributed by atoms with Crippen LogP contribution < -0.4 is 10.3 Å². The van der Waals surface area contributed by atoms with Crippen LogP contribution in [-0.2, 0) is 0 Å². The first-order valence-corrected chi connectivity index (χ1v) is 6.52. The molecule has 0 saturated heterocycles. The number of nitrogens with one attached hydrogen (secondary N) is 1. The number of H-pyrrole nitrogens is 1. The smallest absolute Gasteiger partial charge is 0.251 e. The van der Waals surface area contributed by atoms with Crippen molar-refractivity contribution in [2.45, 2.75) is 17.2 Å². The summed E-state index contributed by atoms with van der Waals surface area (Å²) >= 11 is 4.43. The molecule has 2 heterocycles. The van der Waals surface area contributed by atoms with Crippen molar-refractivity contribution in [3.63, 3.8) is 0 Å². The van der Waals surface area contributed by atoms with E-state index in [1.807, 2.05) is 0 Å². The lowest BCUT2D eigenvalue weighted by Gasteiger charge is -2.04. The van der Waals surface area contributed by atoms with Crippen LogP contribution in [0.3, 0.4) is 0 Å². The van der Waals surface area contributed by atoms with E-state index < -0.39 is 0 Å². The number of aromatic nitrogens is 4. The third-order valence-corrected chi connectivity index (χ3v) is 3.23. The number of nitrogens with zero attached hydrogens (tertiary/aromatic N) is 3. The van der Waals surface area contributed by atoms with Gasteiger partial charge < -0.3 is 9.72 Å². The van der Waals surface area contributed by atoms with Gasteiger partial charge in [0.1, 0.15) is 0 Å². The minimum atomic E-state index is -0.200. The van der Waals surface area contributed by atoms with Crippen LogP contribution in [0.1, 0.15) is 5.69 Å². The topological polar surface area (TPSA) is 80.8 Å². The second-order valence-corrected chi connectivity index (χ2v) is 5.11. The fraction of sp³-hybridized carbons (Fsp3) is 0.200. The highest BCUT2D eigenvalue weighted by molar-refractivity contribution is 9.10. The van der Waals surface area contributed by atoms with E-state index in [4.69, 9.17) is 4.74 Å². The summed E-state index contributed by atoms with van der Waals surface area (Å²) in [4.78, 5) is 26.4. The summed E-state index contributed by atoms with van der Waals surface area (Å²) < 4.78 is 5.73. The van der Waals surface area contributed by atoms with Crippen LogP contribution in [0.15, 0.2) is 31.8 Å². The van der Waals surface area contributed by atoms with E-state index in [0.29, 0.717) is 26.4 Å². The molecule has 6 nitrogen and oxygen atoms in total. The molecule has 2 rings (SSSR count). The number of rotatable bonds is 3. The van der Waals surface area contributed by atoms with Gasteiger partial charge in [0.05, 0.1) is 11.6 Å².